The summed E-state index contributed by atoms with van der Waals surface area (Å²) in [6, 6.07) is 13.2. The molecule has 0 radical (unpaired) electrons. The lowest BCUT2D eigenvalue weighted by atomic mass is 9.79. The van der Waals surface area contributed by atoms with Gasteiger partial charge in [-0.3, -0.25) is 19.4 Å². The molecule has 0 saturated carbocycles. The van der Waals surface area contributed by atoms with E-state index in [1.54, 1.807) is 11.1 Å². The molecule has 11 heteroatoms. The Morgan fingerprint density at radius 1 is 0.891 bits per heavy atom. The summed E-state index contributed by atoms with van der Waals surface area (Å²) in [4.78, 5) is 51.6. The zero-order chi connectivity index (χ0) is 31.5. The van der Waals surface area contributed by atoms with Gasteiger partial charge in [0.1, 0.15) is 11.9 Å². The third-order valence-corrected chi connectivity index (χ3v) is 9.30. The summed E-state index contributed by atoms with van der Waals surface area (Å²) in [6.45, 7) is 3.43. The Balaban J connectivity index is 1.16. The number of aromatic nitrogens is 2. The lowest BCUT2D eigenvalue weighted by Gasteiger charge is -2.37. The van der Waals surface area contributed by atoms with E-state index in [9.17, 15) is 14.4 Å². The Hall–Kier alpha value is -4.45. The Morgan fingerprint density at radius 3 is 2.54 bits per heavy atom. The number of anilines is 1. The second kappa shape index (κ2) is 13.1. The molecule has 3 amide bonds. The van der Waals surface area contributed by atoms with E-state index < -0.39 is 11.5 Å². The van der Waals surface area contributed by atoms with E-state index in [1.807, 2.05) is 42.5 Å². The number of carbonyl (C=O) groups is 3. The quantitative estimate of drug-likeness (QED) is 0.423. The minimum absolute atomic E-state index is 0.0575. The molecule has 1 fully saturated rings. The van der Waals surface area contributed by atoms with Gasteiger partial charge in [-0.1, -0.05) is 42.5 Å². The van der Waals surface area contributed by atoms with Gasteiger partial charge in [-0.05, 0) is 41.7 Å². The van der Waals surface area contributed by atoms with Crippen molar-refractivity contribution in [2.75, 3.05) is 58.0 Å². The molecule has 2 N–H and O–H groups in total. The van der Waals surface area contributed by atoms with Crippen molar-refractivity contribution in [3.8, 4) is 0 Å². The standard InChI is InChI=1S/C35H37N5O6/c41-32-26-16-25-18-35(19-30(25)36-21-26)28-15-23(20-37-31(28)39-34(35)43)5-4-9-44-11-13-46-14-12-45-10-8-40-22-27(17-29(38-32)33(40)42)24-6-2-1-3-7-24/h1-7,15-16,20-21,27,29H,8-14,17-19,22H2,(H,38,41)(H,37,39,43)/b5-4-/t27?,29?,35-/m0/s1. The van der Waals surface area contributed by atoms with Crippen LogP contribution in [0.5, 0.6) is 0 Å². The largest absolute Gasteiger partial charge is 0.377 e. The molecule has 1 saturated heterocycles. The normalized spacial score (nSPS) is 26.2. The molecule has 3 atom stereocenters. The van der Waals surface area contributed by atoms with Gasteiger partial charge < -0.3 is 29.7 Å². The Kier molecular flexibility index (Phi) is 8.61. The monoisotopic (exact) mass is 623 g/mol. The molecule has 5 heterocycles. The second-order valence-electron chi connectivity index (χ2n) is 12.2. The van der Waals surface area contributed by atoms with E-state index in [2.05, 4.69) is 32.7 Å². The molecule has 7 rings (SSSR count). The van der Waals surface area contributed by atoms with Crippen LogP contribution in [0.25, 0.3) is 6.08 Å². The summed E-state index contributed by atoms with van der Waals surface area (Å²) in [5.74, 6) is -0.00945. The van der Waals surface area contributed by atoms with Crippen LogP contribution < -0.4 is 10.6 Å². The van der Waals surface area contributed by atoms with E-state index in [0.717, 1.165) is 27.9 Å². The Morgan fingerprint density at radius 2 is 1.70 bits per heavy atom. The van der Waals surface area contributed by atoms with Gasteiger partial charge >= 0.3 is 0 Å². The first-order valence-corrected chi connectivity index (χ1v) is 15.8. The molecule has 3 aliphatic heterocycles. The number of carbonyl (C=O) groups excluding carboxylic acids is 3. The number of fused-ring (bicyclic) bond motifs is 4. The van der Waals surface area contributed by atoms with E-state index in [4.69, 9.17) is 14.2 Å². The van der Waals surface area contributed by atoms with Gasteiger partial charge in [-0.25, -0.2) is 4.98 Å². The van der Waals surface area contributed by atoms with E-state index in [-0.39, 0.29) is 23.6 Å². The molecule has 1 aromatic carbocycles. The van der Waals surface area contributed by atoms with Crippen LogP contribution in [0.1, 0.15) is 50.6 Å². The van der Waals surface area contributed by atoms with Gasteiger partial charge in [0.2, 0.25) is 11.8 Å². The molecule has 2 unspecified atom stereocenters. The highest BCUT2D eigenvalue weighted by atomic mass is 16.5. The van der Waals surface area contributed by atoms with Crippen molar-refractivity contribution in [1.29, 1.82) is 0 Å². The van der Waals surface area contributed by atoms with Crippen molar-refractivity contribution >= 4 is 29.6 Å². The average Bonchev–Trinajstić information content (AvgIpc) is 3.59. The van der Waals surface area contributed by atoms with Gasteiger partial charge in [-0.15, -0.1) is 0 Å². The van der Waals surface area contributed by atoms with E-state index in [1.165, 1.54) is 6.20 Å². The molecule has 2 aromatic heterocycles. The molecule has 46 heavy (non-hydrogen) atoms. The number of pyridine rings is 2. The predicted octanol–water partition coefficient (Wildman–Crippen LogP) is 2.66. The summed E-state index contributed by atoms with van der Waals surface area (Å²) in [7, 11) is 0. The molecule has 1 aliphatic carbocycles. The third kappa shape index (κ3) is 6.05. The summed E-state index contributed by atoms with van der Waals surface area (Å²) in [5, 5.41) is 5.95. The third-order valence-electron chi connectivity index (χ3n) is 9.30. The molecule has 238 valence electrons. The van der Waals surface area contributed by atoms with Crippen LogP contribution >= 0.6 is 0 Å². The molecule has 3 aromatic rings. The highest BCUT2D eigenvalue weighted by Crippen LogP contribution is 2.46. The maximum atomic E-state index is 13.6. The predicted molar refractivity (Wildman–Crippen MR) is 169 cm³/mol. The zero-order valence-electron chi connectivity index (χ0n) is 25.6. The number of nitrogens with zero attached hydrogens (tertiary/aromatic N) is 3. The van der Waals surface area contributed by atoms with Crippen molar-refractivity contribution in [3.05, 3.63) is 94.4 Å². The van der Waals surface area contributed by atoms with Crippen LogP contribution in [0.2, 0.25) is 0 Å². The number of rotatable bonds is 1. The van der Waals surface area contributed by atoms with Crippen molar-refractivity contribution in [3.63, 3.8) is 0 Å². The topological polar surface area (TPSA) is 132 Å². The first-order valence-electron chi connectivity index (χ1n) is 15.8. The number of ether oxygens (including phenoxy) is 3. The Labute approximate surface area is 267 Å². The maximum absolute atomic E-state index is 13.6. The summed E-state index contributed by atoms with van der Waals surface area (Å²) >= 11 is 0. The molecule has 7 bridgehead atoms. The minimum atomic E-state index is -0.846. The summed E-state index contributed by atoms with van der Waals surface area (Å²) in [5.41, 5.74) is 3.94. The van der Waals surface area contributed by atoms with Crippen molar-refractivity contribution in [2.45, 2.75) is 36.6 Å². The molecule has 1 spiro atoms. The first-order chi connectivity index (χ1) is 22.5. The highest BCUT2D eigenvalue weighted by Gasteiger charge is 2.52. The fourth-order valence-corrected chi connectivity index (χ4v) is 6.90. The fraction of sp³-hybridized carbons (Fsp3) is 0.400. The van der Waals surface area contributed by atoms with Crippen LogP contribution in [0.15, 0.2) is 60.9 Å². The molecule has 4 aliphatic rings. The summed E-state index contributed by atoms with van der Waals surface area (Å²) in [6.07, 6.45) is 8.41. The van der Waals surface area contributed by atoms with Crippen molar-refractivity contribution < 1.29 is 28.6 Å². The van der Waals surface area contributed by atoms with Crippen LogP contribution in [0.4, 0.5) is 5.82 Å². The van der Waals surface area contributed by atoms with Gasteiger partial charge in [0.15, 0.2) is 0 Å². The average molecular weight is 624 g/mol. The van der Waals surface area contributed by atoms with Gasteiger partial charge in [0, 0.05) is 49.1 Å². The van der Waals surface area contributed by atoms with Gasteiger partial charge in [0.05, 0.1) is 50.6 Å². The smallest absolute Gasteiger partial charge is 0.253 e. The van der Waals surface area contributed by atoms with E-state index in [0.29, 0.717) is 83.4 Å². The summed E-state index contributed by atoms with van der Waals surface area (Å²) < 4.78 is 17.1. The lowest BCUT2D eigenvalue weighted by molar-refractivity contribution is -0.137. The number of benzene rings is 1. The van der Waals surface area contributed by atoms with Crippen LogP contribution in [-0.4, -0.2) is 91.4 Å². The number of hydrogen-bond acceptors (Lipinski definition) is 8. The SMILES string of the molecule is O=C1NC2CC(c3ccccc3)CN(CCOCCOCCOC/C=C\c3cnc4c(c3)[C@@]3(Cc5cc1cnc5C3)C(=O)N4)C2=O. The highest BCUT2D eigenvalue weighted by molar-refractivity contribution is 6.06. The lowest BCUT2D eigenvalue weighted by Crippen LogP contribution is -2.55. The van der Waals surface area contributed by atoms with Gasteiger partial charge in [-0.2, -0.15) is 0 Å². The Bertz CT molecular complexity index is 1660. The van der Waals surface area contributed by atoms with Crippen LogP contribution in [0, 0.1) is 0 Å². The number of piperidine rings is 1. The number of hydrogen-bond donors (Lipinski definition) is 2. The molecular weight excluding hydrogens is 586 g/mol. The van der Waals surface area contributed by atoms with Crippen LogP contribution in [0.3, 0.4) is 0 Å². The van der Waals surface area contributed by atoms with Gasteiger partial charge in [0.25, 0.3) is 5.91 Å². The second-order valence-corrected chi connectivity index (χ2v) is 12.2. The fourth-order valence-electron chi connectivity index (χ4n) is 6.90. The molecular formula is C35H37N5O6. The number of nitrogens with one attached hydrogen (secondary N) is 2. The first kappa shape index (κ1) is 30.2. The zero-order valence-corrected chi connectivity index (χ0v) is 25.6. The minimum Gasteiger partial charge on any atom is -0.377 e. The molecule has 11 nitrogen and oxygen atoms in total. The van der Waals surface area contributed by atoms with Crippen LogP contribution in [-0.2, 0) is 42.1 Å². The van der Waals surface area contributed by atoms with Crippen molar-refractivity contribution in [1.82, 2.24) is 20.2 Å². The maximum Gasteiger partial charge on any atom is 0.253 e. The van der Waals surface area contributed by atoms with Crippen molar-refractivity contribution in [2.24, 2.45) is 0 Å². The van der Waals surface area contributed by atoms with E-state index >= 15 is 0 Å². The number of amides is 3.